The summed E-state index contributed by atoms with van der Waals surface area (Å²) in [6.45, 7) is 5.39. The second kappa shape index (κ2) is 6.48. The number of carbonyl (C=O) groups excluding carboxylic acids is 1. The van der Waals surface area contributed by atoms with Crippen LogP contribution in [0, 0.1) is 5.92 Å². The van der Waals surface area contributed by atoms with Gasteiger partial charge in [0.15, 0.2) is 18.0 Å². The van der Waals surface area contributed by atoms with Crippen molar-refractivity contribution in [1.29, 1.82) is 0 Å². The first-order chi connectivity index (χ1) is 11.5. The molecule has 1 aliphatic rings. The molecule has 8 nitrogen and oxygen atoms in total. The van der Waals surface area contributed by atoms with Crippen molar-refractivity contribution in [1.82, 2.24) is 14.5 Å². The summed E-state index contributed by atoms with van der Waals surface area (Å²) in [5, 5.41) is 0. The first-order valence-corrected chi connectivity index (χ1v) is 8.74. The fourth-order valence-corrected chi connectivity index (χ4v) is 4.11. The summed E-state index contributed by atoms with van der Waals surface area (Å²) in [5.74, 6) is -0.300. The van der Waals surface area contributed by atoms with Crippen LogP contribution < -0.4 is 10.6 Å². The van der Waals surface area contributed by atoms with Gasteiger partial charge in [0.05, 0.1) is 17.0 Å². The van der Waals surface area contributed by atoms with E-state index in [-0.39, 0.29) is 22.8 Å². The van der Waals surface area contributed by atoms with Crippen LogP contribution in [0.5, 0.6) is 0 Å². The molecule has 1 fully saturated rings. The van der Waals surface area contributed by atoms with Gasteiger partial charge in [0.2, 0.25) is 5.95 Å². The Morgan fingerprint density at radius 1 is 1.46 bits per heavy atom. The Kier molecular flexibility index (Phi) is 4.55. The molecule has 0 bridgehead atoms. The summed E-state index contributed by atoms with van der Waals surface area (Å²) in [7, 11) is 0. The molecule has 2 N–H and O–H groups in total. The van der Waals surface area contributed by atoms with Gasteiger partial charge in [0.25, 0.3) is 0 Å². The van der Waals surface area contributed by atoms with Crippen molar-refractivity contribution >= 4 is 33.6 Å². The zero-order valence-electron chi connectivity index (χ0n) is 13.8. The van der Waals surface area contributed by atoms with Gasteiger partial charge in [-0.3, -0.25) is 14.2 Å². The lowest BCUT2D eigenvalue weighted by molar-refractivity contribution is -0.153. The van der Waals surface area contributed by atoms with Crippen LogP contribution in [0.2, 0.25) is 0 Å². The summed E-state index contributed by atoms with van der Waals surface area (Å²) < 4.78 is 13.7. The zero-order valence-corrected chi connectivity index (χ0v) is 14.6. The molecule has 130 valence electrons. The van der Waals surface area contributed by atoms with E-state index in [1.54, 1.807) is 0 Å². The van der Waals surface area contributed by atoms with E-state index < -0.39 is 18.3 Å². The minimum Gasteiger partial charge on any atom is -0.457 e. The monoisotopic (exact) mass is 352 g/mol. The van der Waals surface area contributed by atoms with Gasteiger partial charge in [-0.05, 0) is 12.8 Å². The second-order valence-corrected chi connectivity index (χ2v) is 6.77. The lowest BCUT2D eigenvalue weighted by Gasteiger charge is -2.23. The SMILES string of the molecule is CC[C@@H]1[C@@H](CC)OC(n2c(=O)sc3cnc(N)nc32)[C@@H]1OC(C)=O. The predicted octanol–water partition coefficient (Wildman–Crippen LogP) is 1.70. The number of nitrogens with zero attached hydrogens (tertiary/aromatic N) is 3. The number of fused-ring (bicyclic) bond motifs is 1. The van der Waals surface area contributed by atoms with Gasteiger partial charge < -0.3 is 15.2 Å². The summed E-state index contributed by atoms with van der Waals surface area (Å²) >= 11 is 1.02. The summed E-state index contributed by atoms with van der Waals surface area (Å²) in [6.07, 6.45) is 1.72. The third kappa shape index (κ3) is 2.78. The topological polar surface area (TPSA) is 109 Å². The molecule has 0 radical (unpaired) electrons. The molecule has 0 saturated carbocycles. The van der Waals surface area contributed by atoms with Crippen molar-refractivity contribution in [3.8, 4) is 0 Å². The molecule has 1 unspecified atom stereocenters. The lowest BCUT2D eigenvalue weighted by atomic mass is 9.93. The van der Waals surface area contributed by atoms with Crippen molar-refractivity contribution in [2.45, 2.75) is 52.0 Å². The molecule has 0 amide bonds. The first-order valence-electron chi connectivity index (χ1n) is 7.92. The van der Waals surface area contributed by atoms with Crippen LogP contribution in [0.15, 0.2) is 11.0 Å². The number of rotatable bonds is 4. The van der Waals surface area contributed by atoms with E-state index in [1.807, 2.05) is 13.8 Å². The van der Waals surface area contributed by atoms with Crippen LogP contribution in [0.4, 0.5) is 5.95 Å². The molecule has 0 spiro atoms. The summed E-state index contributed by atoms with van der Waals surface area (Å²) in [5.41, 5.74) is 6.07. The van der Waals surface area contributed by atoms with Crippen molar-refractivity contribution in [3.05, 3.63) is 15.9 Å². The van der Waals surface area contributed by atoms with Crippen molar-refractivity contribution in [3.63, 3.8) is 0 Å². The Labute approximate surface area is 142 Å². The Bertz CT molecular complexity index is 817. The molecule has 9 heteroatoms. The Morgan fingerprint density at radius 2 is 2.21 bits per heavy atom. The fraction of sp³-hybridized carbons (Fsp3) is 0.600. The van der Waals surface area contributed by atoms with Crippen molar-refractivity contribution in [2.24, 2.45) is 5.92 Å². The number of esters is 1. The van der Waals surface area contributed by atoms with Gasteiger partial charge >= 0.3 is 10.8 Å². The van der Waals surface area contributed by atoms with Gasteiger partial charge in [-0.25, -0.2) is 4.98 Å². The largest absolute Gasteiger partial charge is 0.457 e. The van der Waals surface area contributed by atoms with E-state index in [0.717, 1.165) is 24.2 Å². The smallest absolute Gasteiger partial charge is 0.311 e. The molecule has 1 aliphatic heterocycles. The Balaban J connectivity index is 2.12. The highest BCUT2D eigenvalue weighted by molar-refractivity contribution is 7.16. The number of nitrogens with two attached hydrogens (primary N) is 1. The number of hydrogen-bond acceptors (Lipinski definition) is 8. The molecule has 4 atom stereocenters. The highest BCUT2D eigenvalue weighted by Gasteiger charge is 2.47. The normalized spacial score (nSPS) is 26.8. The minimum absolute atomic E-state index is 0.0185. The van der Waals surface area contributed by atoms with Gasteiger partial charge in [0, 0.05) is 12.8 Å². The number of hydrogen-bond donors (Lipinski definition) is 1. The average Bonchev–Trinajstić information content (AvgIpc) is 3.02. The van der Waals surface area contributed by atoms with Crippen LogP contribution in [-0.2, 0) is 14.3 Å². The molecule has 2 aromatic rings. The van der Waals surface area contributed by atoms with Crippen molar-refractivity contribution in [2.75, 3.05) is 5.73 Å². The summed E-state index contributed by atoms with van der Waals surface area (Å²) in [4.78, 5) is 31.9. The van der Waals surface area contributed by atoms with Crippen LogP contribution in [0.25, 0.3) is 10.3 Å². The van der Waals surface area contributed by atoms with Crippen LogP contribution >= 0.6 is 11.3 Å². The molecule has 0 aliphatic carbocycles. The number of thiazole rings is 1. The predicted molar refractivity (Wildman–Crippen MR) is 89.6 cm³/mol. The van der Waals surface area contributed by atoms with Crippen LogP contribution in [0.1, 0.15) is 39.8 Å². The third-order valence-corrected chi connectivity index (χ3v) is 5.18. The quantitative estimate of drug-likeness (QED) is 0.834. The van der Waals surface area contributed by atoms with Gasteiger partial charge in [-0.2, -0.15) is 4.98 Å². The van der Waals surface area contributed by atoms with E-state index in [9.17, 15) is 9.59 Å². The van der Waals surface area contributed by atoms with Gasteiger partial charge in [-0.15, -0.1) is 0 Å². The Morgan fingerprint density at radius 3 is 2.83 bits per heavy atom. The molecular weight excluding hydrogens is 332 g/mol. The van der Waals surface area contributed by atoms with E-state index in [0.29, 0.717) is 10.3 Å². The standard InChI is InChI=1S/C15H20N4O4S/c1-4-8-9(5-2)23-13(11(8)22-7(3)20)19-12-10(24-15(19)21)6-17-14(16)18-12/h6,8-9,11,13H,4-5H2,1-3H3,(H2,16,17,18)/t8-,9-,11-,13?/m1/s1. The highest BCUT2D eigenvalue weighted by atomic mass is 32.1. The minimum atomic E-state index is -0.709. The average molecular weight is 352 g/mol. The number of carbonyl (C=O) groups is 1. The number of aromatic nitrogens is 3. The molecule has 3 rings (SSSR count). The van der Waals surface area contributed by atoms with Gasteiger partial charge in [-0.1, -0.05) is 25.2 Å². The highest BCUT2D eigenvalue weighted by Crippen LogP contribution is 2.40. The van der Waals surface area contributed by atoms with Crippen LogP contribution in [-0.4, -0.2) is 32.7 Å². The van der Waals surface area contributed by atoms with E-state index >= 15 is 0 Å². The molecule has 1 saturated heterocycles. The number of ether oxygens (including phenoxy) is 2. The number of anilines is 1. The number of nitrogen functional groups attached to an aromatic ring is 1. The fourth-order valence-electron chi connectivity index (χ4n) is 3.29. The van der Waals surface area contributed by atoms with Crippen molar-refractivity contribution < 1.29 is 14.3 Å². The maximum absolute atomic E-state index is 12.5. The van der Waals surface area contributed by atoms with E-state index in [2.05, 4.69) is 9.97 Å². The maximum atomic E-state index is 12.5. The zero-order chi connectivity index (χ0) is 17.4. The molecule has 0 aromatic carbocycles. The third-order valence-electron chi connectivity index (χ3n) is 4.30. The molecule has 3 heterocycles. The molecular formula is C15H20N4O4S. The second-order valence-electron chi connectivity index (χ2n) is 5.77. The van der Waals surface area contributed by atoms with Gasteiger partial charge in [0.1, 0.15) is 0 Å². The summed E-state index contributed by atoms with van der Waals surface area (Å²) in [6, 6.07) is 0. The molecule has 2 aromatic heterocycles. The maximum Gasteiger partial charge on any atom is 0.311 e. The van der Waals surface area contributed by atoms with Crippen LogP contribution in [0.3, 0.4) is 0 Å². The molecule has 24 heavy (non-hydrogen) atoms. The van der Waals surface area contributed by atoms with E-state index in [1.165, 1.54) is 17.7 Å². The van der Waals surface area contributed by atoms with E-state index in [4.69, 9.17) is 15.2 Å². The first kappa shape index (κ1) is 16.8. The Hall–Kier alpha value is -2.00. The lowest BCUT2D eigenvalue weighted by Crippen LogP contribution is -2.33.